The number of nitrogens with zero attached hydrogens (tertiary/aromatic N) is 1. The number of benzene rings is 2. The Hall–Kier alpha value is -2.57. The Morgan fingerprint density at radius 2 is 1.67 bits per heavy atom. The molecular formula is C21H21NO4S. The number of carbonyl (C=O) groups is 2. The predicted molar refractivity (Wildman–Crippen MR) is 108 cm³/mol. The van der Waals surface area contributed by atoms with Gasteiger partial charge in [-0.3, -0.25) is 9.59 Å². The molecule has 0 bridgehead atoms. The first-order valence-corrected chi connectivity index (χ1v) is 9.70. The van der Waals surface area contributed by atoms with E-state index in [-0.39, 0.29) is 24.5 Å². The van der Waals surface area contributed by atoms with Crippen molar-refractivity contribution in [1.82, 2.24) is 0 Å². The molecule has 27 heavy (non-hydrogen) atoms. The van der Waals surface area contributed by atoms with Gasteiger partial charge in [-0.05, 0) is 43.7 Å². The minimum atomic E-state index is -0.366. The lowest BCUT2D eigenvalue weighted by Gasteiger charge is -2.16. The number of amides is 2. The highest BCUT2D eigenvalue weighted by Crippen LogP contribution is 2.38. The Morgan fingerprint density at radius 1 is 1.00 bits per heavy atom. The van der Waals surface area contributed by atoms with Crippen LogP contribution in [0.1, 0.15) is 19.4 Å². The number of rotatable bonds is 7. The zero-order valence-corrected chi connectivity index (χ0v) is 16.0. The van der Waals surface area contributed by atoms with E-state index < -0.39 is 0 Å². The molecule has 0 radical (unpaired) electrons. The fourth-order valence-electron chi connectivity index (χ4n) is 2.83. The zero-order valence-electron chi connectivity index (χ0n) is 15.2. The number of imide groups is 1. The monoisotopic (exact) mass is 383 g/mol. The molecule has 2 aromatic rings. The van der Waals surface area contributed by atoms with E-state index in [1.54, 1.807) is 24.3 Å². The van der Waals surface area contributed by atoms with E-state index in [0.717, 1.165) is 0 Å². The summed E-state index contributed by atoms with van der Waals surface area (Å²) in [6.45, 7) is 3.79. The van der Waals surface area contributed by atoms with Crippen molar-refractivity contribution in [3.8, 4) is 5.75 Å². The van der Waals surface area contributed by atoms with Crippen molar-refractivity contribution >= 4 is 34.8 Å². The average Bonchev–Trinajstić information content (AvgIpc) is 2.91. The van der Waals surface area contributed by atoms with E-state index in [1.807, 2.05) is 44.2 Å². The van der Waals surface area contributed by atoms with Crippen molar-refractivity contribution in [2.45, 2.75) is 20.0 Å². The van der Waals surface area contributed by atoms with Gasteiger partial charge in [0.1, 0.15) is 5.75 Å². The van der Waals surface area contributed by atoms with Crippen LogP contribution in [0.2, 0.25) is 0 Å². The molecule has 140 valence electrons. The van der Waals surface area contributed by atoms with Crippen LogP contribution in [0.25, 0.3) is 5.57 Å². The molecule has 2 aromatic carbocycles. The van der Waals surface area contributed by atoms with Crippen LogP contribution in [0.5, 0.6) is 5.75 Å². The van der Waals surface area contributed by atoms with E-state index in [0.29, 0.717) is 33.2 Å². The highest BCUT2D eigenvalue weighted by Gasteiger charge is 2.40. The highest BCUT2D eigenvalue weighted by molar-refractivity contribution is 8.04. The average molecular weight is 383 g/mol. The third kappa shape index (κ3) is 4.07. The number of ether oxygens (including phenoxy) is 1. The maximum atomic E-state index is 13.1. The minimum Gasteiger partial charge on any atom is -0.491 e. The molecule has 1 heterocycles. The van der Waals surface area contributed by atoms with Gasteiger partial charge in [-0.2, -0.15) is 0 Å². The molecule has 1 N–H and O–H groups in total. The first-order valence-electron chi connectivity index (χ1n) is 8.71. The van der Waals surface area contributed by atoms with Gasteiger partial charge < -0.3 is 9.84 Å². The van der Waals surface area contributed by atoms with Crippen molar-refractivity contribution in [3.05, 3.63) is 65.1 Å². The first-order chi connectivity index (χ1) is 13.0. The van der Waals surface area contributed by atoms with Gasteiger partial charge in [0.05, 0.1) is 28.9 Å². The SMILES string of the molecule is CC(C)Oc1ccc(N2C(=O)C(SCCO)=C(c3ccccc3)C2=O)cc1. The van der Waals surface area contributed by atoms with Gasteiger partial charge in [-0.1, -0.05) is 30.3 Å². The number of hydrogen-bond acceptors (Lipinski definition) is 5. The summed E-state index contributed by atoms with van der Waals surface area (Å²) in [5, 5.41) is 9.15. The molecule has 0 atom stereocenters. The number of hydrogen-bond donors (Lipinski definition) is 1. The molecule has 1 aliphatic rings. The van der Waals surface area contributed by atoms with Gasteiger partial charge in [0.25, 0.3) is 11.8 Å². The number of aliphatic hydroxyl groups excluding tert-OH is 1. The minimum absolute atomic E-state index is 0.0405. The van der Waals surface area contributed by atoms with E-state index in [9.17, 15) is 9.59 Å². The molecular weight excluding hydrogens is 362 g/mol. The summed E-state index contributed by atoms with van der Waals surface area (Å²) in [5.74, 6) is 0.303. The predicted octanol–water partition coefficient (Wildman–Crippen LogP) is 3.48. The van der Waals surface area contributed by atoms with Crippen LogP contribution < -0.4 is 9.64 Å². The Balaban J connectivity index is 1.95. The van der Waals surface area contributed by atoms with Crippen molar-refractivity contribution in [2.75, 3.05) is 17.3 Å². The highest BCUT2D eigenvalue weighted by atomic mass is 32.2. The fourth-order valence-corrected chi connectivity index (χ4v) is 3.69. The van der Waals surface area contributed by atoms with E-state index in [1.165, 1.54) is 16.7 Å². The molecule has 2 amide bonds. The third-order valence-corrected chi connectivity index (χ3v) is 4.96. The van der Waals surface area contributed by atoms with Crippen LogP contribution in [-0.4, -0.2) is 35.4 Å². The molecule has 3 rings (SSSR count). The lowest BCUT2D eigenvalue weighted by atomic mass is 10.1. The number of carbonyl (C=O) groups excluding carboxylic acids is 2. The van der Waals surface area contributed by atoms with Crippen LogP contribution >= 0.6 is 11.8 Å². The summed E-state index contributed by atoms with van der Waals surface area (Å²) in [5.41, 5.74) is 1.56. The topological polar surface area (TPSA) is 66.8 Å². The van der Waals surface area contributed by atoms with Gasteiger partial charge in [-0.15, -0.1) is 11.8 Å². The van der Waals surface area contributed by atoms with Gasteiger partial charge in [0.15, 0.2) is 0 Å². The van der Waals surface area contributed by atoms with Crippen LogP contribution in [0.15, 0.2) is 59.5 Å². The molecule has 0 saturated heterocycles. The fraction of sp³-hybridized carbons (Fsp3) is 0.238. The smallest absolute Gasteiger partial charge is 0.272 e. The standard InChI is InChI=1S/C21H21NO4S/c1-14(2)26-17-10-8-16(9-11-17)22-20(24)18(15-6-4-3-5-7-15)19(21(22)25)27-13-12-23/h3-11,14,23H,12-13H2,1-2H3. The number of thioether (sulfide) groups is 1. The zero-order chi connectivity index (χ0) is 19.4. The van der Waals surface area contributed by atoms with Crippen molar-refractivity contribution in [2.24, 2.45) is 0 Å². The molecule has 1 aliphatic heterocycles. The van der Waals surface area contributed by atoms with Crippen molar-refractivity contribution < 1.29 is 19.4 Å². The second kappa shape index (κ2) is 8.41. The second-order valence-corrected chi connectivity index (χ2v) is 7.35. The lowest BCUT2D eigenvalue weighted by molar-refractivity contribution is -0.119. The lowest BCUT2D eigenvalue weighted by Crippen LogP contribution is -2.31. The molecule has 0 aromatic heterocycles. The summed E-state index contributed by atoms with van der Waals surface area (Å²) in [7, 11) is 0. The van der Waals surface area contributed by atoms with E-state index in [2.05, 4.69) is 0 Å². The van der Waals surface area contributed by atoms with Crippen LogP contribution in [-0.2, 0) is 9.59 Å². The first kappa shape index (κ1) is 19.2. The summed E-state index contributed by atoms with van der Waals surface area (Å²) in [6.07, 6.45) is 0.0405. The third-order valence-electron chi connectivity index (χ3n) is 3.91. The molecule has 0 aliphatic carbocycles. The number of anilines is 1. The summed E-state index contributed by atoms with van der Waals surface area (Å²) < 4.78 is 5.62. The quantitative estimate of drug-likeness (QED) is 0.742. The summed E-state index contributed by atoms with van der Waals surface area (Å²) in [4.78, 5) is 27.6. The van der Waals surface area contributed by atoms with Gasteiger partial charge in [-0.25, -0.2) is 4.90 Å². The summed E-state index contributed by atoms with van der Waals surface area (Å²) >= 11 is 1.20. The maximum Gasteiger partial charge on any atom is 0.272 e. The van der Waals surface area contributed by atoms with E-state index >= 15 is 0 Å². The van der Waals surface area contributed by atoms with E-state index in [4.69, 9.17) is 9.84 Å². The van der Waals surface area contributed by atoms with Crippen LogP contribution in [0, 0.1) is 0 Å². The molecule has 6 heteroatoms. The largest absolute Gasteiger partial charge is 0.491 e. The maximum absolute atomic E-state index is 13.1. The van der Waals surface area contributed by atoms with Gasteiger partial charge in [0, 0.05) is 5.75 Å². The van der Waals surface area contributed by atoms with Crippen molar-refractivity contribution in [1.29, 1.82) is 0 Å². The van der Waals surface area contributed by atoms with Crippen LogP contribution in [0.3, 0.4) is 0 Å². The normalized spacial score (nSPS) is 14.4. The van der Waals surface area contributed by atoms with Crippen molar-refractivity contribution in [3.63, 3.8) is 0 Å². The Labute approximate surface area is 162 Å². The molecule has 0 saturated carbocycles. The Kier molecular flexibility index (Phi) is 5.98. The molecule has 0 spiro atoms. The molecule has 0 fully saturated rings. The number of aliphatic hydroxyl groups is 1. The molecule has 5 nitrogen and oxygen atoms in total. The van der Waals surface area contributed by atoms with Gasteiger partial charge in [0.2, 0.25) is 0 Å². The van der Waals surface area contributed by atoms with Gasteiger partial charge >= 0.3 is 0 Å². The summed E-state index contributed by atoms with van der Waals surface area (Å²) in [6, 6.07) is 16.0. The second-order valence-electron chi connectivity index (χ2n) is 6.25. The Bertz CT molecular complexity index is 860. The Morgan fingerprint density at radius 3 is 2.26 bits per heavy atom. The molecule has 0 unspecified atom stereocenters. The van der Waals surface area contributed by atoms with Crippen LogP contribution in [0.4, 0.5) is 5.69 Å².